The number of carbonyl (C=O) groups excluding carboxylic acids is 1. The van der Waals surface area contributed by atoms with E-state index in [9.17, 15) is 4.79 Å². The summed E-state index contributed by atoms with van der Waals surface area (Å²) in [4.78, 5) is 25.0. The van der Waals surface area contributed by atoms with E-state index in [0.29, 0.717) is 42.5 Å². The molecule has 0 radical (unpaired) electrons. The number of hydrogen-bond acceptors (Lipinski definition) is 10. The highest BCUT2D eigenvalue weighted by Gasteiger charge is 2.10. The lowest BCUT2D eigenvalue weighted by Gasteiger charge is -2.07. The molecule has 6 N–H and O–H groups in total. The highest BCUT2D eigenvalue weighted by Crippen LogP contribution is 2.21. The third-order valence-corrected chi connectivity index (χ3v) is 5.51. The number of nitrogens with zero attached hydrogens (tertiary/aromatic N) is 5. The number of aldehydes is 1. The Labute approximate surface area is 201 Å². The number of nitrogens with two attached hydrogens (primary N) is 3. The second-order valence-corrected chi connectivity index (χ2v) is 8.14. The molecule has 0 fully saturated rings. The van der Waals surface area contributed by atoms with Gasteiger partial charge in [-0.2, -0.15) is 0 Å². The van der Waals surface area contributed by atoms with Gasteiger partial charge in [-0.05, 0) is 42.8 Å². The van der Waals surface area contributed by atoms with Gasteiger partial charge in [0.05, 0.1) is 12.2 Å². The van der Waals surface area contributed by atoms with Crippen LogP contribution >= 0.6 is 11.3 Å². The third-order valence-electron chi connectivity index (χ3n) is 4.83. The van der Waals surface area contributed by atoms with Gasteiger partial charge in [0, 0.05) is 31.7 Å². The van der Waals surface area contributed by atoms with Gasteiger partial charge >= 0.3 is 0 Å². The number of rotatable bonds is 13. The van der Waals surface area contributed by atoms with Crippen LogP contribution in [0.5, 0.6) is 5.75 Å². The number of oxime groups is 1. The van der Waals surface area contributed by atoms with Crippen molar-refractivity contribution in [2.75, 3.05) is 38.6 Å². The Balaban J connectivity index is 1.60. The number of anilines is 1. The van der Waals surface area contributed by atoms with Gasteiger partial charge in [0.15, 0.2) is 23.7 Å². The summed E-state index contributed by atoms with van der Waals surface area (Å²) in [6.45, 7) is 2.90. The zero-order valence-electron chi connectivity index (χ0n) is 19.1. The zero-order chi connectivity index (χ0) is 24.3. The van der Waals surface area contributed by atoms with Gasteiger partial charge in [-0.3, -0.25) is 9.79 Å². The number of carbonyl (C=O) groups is 1. The molecule has 2 heterocycles. The third kappa shape index (κ3) is 6.53. The van der Waals surface area contributed by atoms with Crippen LogP contribution in [0.15, 0.2) is 46.0 Å². The molecule has 0 saturated heterocycles. The first-order valence-electron chi connectivity index (χ1n) is 10.8. The molecule has 12 heteroatoms. The van der Waals surface area contributed by atoms with Gasteiger partial charge in [0.2, 0.25) is 5.62 Å². The quantitative estimate of drug-likeness (QED) is 0.139. The van der Waals surface area contributed by atoms with Crippen LogP contribution in [-0.2, 0) is 23.2 Å². The molecule has 34 heavy (non-hydrogen) atoms. The second-order valence-electron chi connectivity index (χ2n) is 7.25. The van der Waals surface area contributed by atoms with E-state index < -0.39 is 0 Å². The van der Waals surface area contributed by atoms with E-state index in [0.717, 1.165) is 29.8 Å². The maximum atomic E-state index is 11.2. The van der Waals surface area contributed by atoms with Crippen molar-refractivity contribution in [3.8, 4) is 17.0 Å². The first-order valence-corrected chi connectivity index (χ1v) is 11.7. The predicted molar refractivity (Wildman–Crippen MR) is 133 cm³/mol. The van der Waals surface area contributed by atoms with Crippen molar-refractivity contribution in [1.29, 1.82) is 0 Å². The molecule has 3 aromatic rings. The number of ether oxygens (including phenoxy) is 1. The molecule has 0 saturated carbocycles. The molecule has 1 aromatic carbocycles. The Morgan fingerprint density at radius 1 is 1.21 bits per heavy atom. The normalized spacial score (nSPS) is 12.2. The van der Waals surface area contributed by atoms with Crippen LogP contribution in [0.4, 0.5) is 5.13 Å². The van der Waals surface area contributed by atoms with E-state index in [4.69, 9.17) is 26.8 Å². The molecule has 0 aliphatic heterocycles. The second kappa shape index (κ2) is 12.7. The van der Waals surface area contributed by atoms with Gasteiger partial charge in [-0.25, -0.2) is 4.98 Å². The Bertz CT molecular complexity index is 1160. The average Bonchev–Trinajstić information content (AvgIpc) is 3.41. The van der Waals surface area contributed by atoms with E-state index in [2.05, 4.69) is 30.5 Å². The van der Waals surface area contributed by atoms with Crippen LogP contribution in [0.25, 0.3) is 11.3 Å². The molecule has 0 atom stereocenters. The lowest BCUT2D eigenvalue weighted by molar-refractivity contribution is -0.102. The van der Waals surface area contributed by atoms with Crippen LogP contribution in [0.1, 0.15) is 12.1 Å². The smallest absolute Gasteiger partial charge is 0.205 e. The van der Waals surface area contributed by atoms with Crippen molar-refractivity contribution in [2.24, 2.45) is 28.7 Å². The molecular formula is C22H30N8O3S. The Hall–Kier alpha value is -3.48. The number of thiazole rings is 1. The first kappa shape index (κ1) is 25.1. The summed E-state index contributed by atoms with van der Waals surface area (Å²) in [6.07, 6.45) is 3.52. The fraction of sp³-hybridized carbons (Fsp3) is 0.364. The number of imidazole rings is 1. The summed E-state index contributed by atoms with van der Waals surface area (Å²) in [5, 5.41) is 5.80. The topological polar surface area (TPSA) is 161 Å². The maximum Gasteiger partial charge on any atom is 0.205 e. The van der Waals surface area contributed by atoms with E-state index in [-0.39, 0.29) is 18.9 Å². The van der Waals surface area contributed by atoms with Crippen molar-refractivity contribution >= 4 is 28.5 Å². The van der Waals surface area contributed by atoms with Gasteiger partial charge in [0.25, 0.3) is 0 Å². The summed E-state index contributed by atoms with van der Waals surface area (Å²) < 4.78 is 9.87. The van der Waals surface area contributed by atoms with Gasteiger partial charge < -0.3 is 35.9 Å². The lowest BCUT2D eigenvalue weighted by atomic mass is 10.1. The summed E-state index contributed by atoms with van der Waals surface area (Å²) >= 11 is 1.23. The summed E-state index contributed by atoms with van der Waals surface area (Å²) in [6, 6.07) is 7.75. The number of hydrogen-bond donors (Lipinski definition) is 3. The fourth-order valence-corrected chi connectivity index (χ4v) is 3.77. The van der Waals surface area contributed by atoms with E-state index in [1.807, 2.05) is 31.3 Å². The van der Waals surface area contributed by atoms with Crippen molar-refractivity contribution < 1.29 is 14.4 Å². The minimum absolute atomic E-state index is 0.0844. The minimum Gasteiger partial charge on any atom is -0.490 e. The largest absolute Gasteiger partial charge is 0.490 e. The van der Waals surface area contributed by atoms with Crippen LogP contribution in [0.3, 0.4) is 0 Å². The predicted octanol–water partition coefficient (Wildman–Crippen LogP) is 0.739. The van der Waals surface area contributed by atoms with Gasteiger partial charge in [-0.15, -0.1) is 11.3 Å². The van der Waals surface area contributed by atoms with Crippen LogP contribution in [0.2, 0.25) is 0 Å². The number of aryl methyl sites for hydroxylation is 1. The number of aromatic nitrogens is 3. The van der Waals surface area contributed by atoms with Gasteiger partial charge in [0.1, 0.15) is 18.1 Å². The highest BCUT2D eigenvalue weighted by atomic mass is 32.1. The van der Waals surface area contributed by atoms with Crippen molar-refractivity contribution in [3.63, 3.8) is 0 Å². The Morgan fingerprint density at radius 3 is 2.65 bits per heavy atom. The molecule has 2 aromatic heterocycles. The van der Waals surface area contributed by atoms with E-state index >= 15 is 0 Å². The average molecular weight is 487 g/mol. The van der Waals surface area contributed by atoms with Gasteiger partial charge in [-0.1, -0.05) is 5.16 Å². The molecular weight excluding hydrogens is 456 g/mol. The van der Waals surface area contributed by atoms with Crippen molar-refractivity contribution in [3.05, 3.63) is 47.2 Å². The fourth-order valence-electron chi connectivity index (χ4n) is 3.22. The molecule has 0 spiro atoms. The summed E-state index contributed by atoms with van der Waals surface area (Å²) in [5.41, 5.74) is 20.3. The minimum atomic E-state index is 0.0844. The van der Waals surface area contributed by atoms with Crippen LogP contribution < -0.4 is 27.6 Å². The Morgan fingerprint density at radius 2 is 2.00 bits per heavy atom. The standard InChI is InChI=1S/C22H30N8O3S/c1-29-20(13-30(10-2-7-23)22(29)26-9-8-24)16-3-5-17(6-4-16)32-11-12-33-28-18(14-31)19-15-34-21(25)27-19/h3-6,13-15H,2,7-12,23-24H2,1H3,(H2,25,27)/b26-22?,28-18+. The van der Waals surface area contributed by atoms with Crippen molar-refractivity contribution in [2.45, 2.75) is 13.0 Å². The molecule has 11 nitrogen and oxygen atoms in total. The Kier molecular flexibility index (Phi) is 9.38. The molecule has 0 aliphatic carbocycles. The summed E-state index contributed by atoms with van der Waals surface area (Å²) in [5.74, 6) is 0.692. The number of benzene rings is 1. The van der Waals surface area contributed by atoms with E-state index in [1.165, 1.54) is 11.3 Å². The lowest BCUT2D eigenvalue weighted by Crippen LogP contribution is -2.26. The highest BCUT2D eigenvalue weighted by molar-refractivity contribution is 7.13. The van der Waals surface area contributed by atoms with E-state index in [1.54, 1.807) is 5.38 Å². The van der Waals surface area contributed by atoms with Crippen LogP contribution in [-0.4, -0.2) is 59.0 Å². The number of nitrogen functional groups attached to an aromatic ring is 1. The molecule has 3 rings (SSSR count). The monoisotopic (exact) mass is 486 g/mol. The maximum absolute atomic E-state index is 11.2. The summed E-state index contributed by atoms with van der Waals surface area (Å²) in [7, 11) is 1.99. The molecule has 182 valence electrons. The molecule has 0 aliphatic rings. The SMILES string of the molecule is Cn1c(-c2ccc(OCCO/N=C(\C=O)c3csc(N)n3)cc2)cn(CCCN)c1=NCCN. The van der Waals surface area contributed by atoms with Crippen molar-refractivity contribution in [1.82, 2.24) is 14.1 Å². The zero-order valence-corrected chi connectivity index (χ0v) is 19.9. The molecule has 0 amide bonds. The van der Waals surface area contributed by atoms with Crippen LogP contribution in [0, 0.1) is 0 Å². The molecule has 0 unspecified atom stereocenters. The first-order chi connectivity index (χ1) is 16.6. The molecule has 0 bridgehead atoms.